The second-order valence-electron chi connectivity index (χ2n) is 5.86. The van der Waals surface area contributed by atoms with Crippen molar-refractivity contribution < 1.29 is 9.69 Å². The predicted molar refractivity (Wildman–Crippen MR) is 91.7 cm³/mol. The van der Waals surface area contributed by atoms with Gasteiger partial charge in [0.05, 0.1) is 17.5 Å². The Morgan fingerprint density at radius 3 is 2.77 bits per heavy atom. The number of aromatic amines is 1. The van der Waals surface area contributed by atoms with E-state index in [2.05, 4.69) is 29.5 Å². The summed E-state index contributed by atoms with van der Waals surface area (Å²) in [5.41, 5.74) is 2.84. The molecule has 0 saturated heterocycles. The van der Waals surface area contributed by atoms with E-state index >= 15 is 0 Å². The molecule has 0 spiro atoms. The average molecular weight is 313 g/mol. The first kappa shape index (κ1) is 15.0. The number of likely N-dealkylation sites (N-methyl/N-ethyl adjacent to an activating group) is 1. The van der Waals surface area contributed by atoms with Crippen molar-refractivity contribution in [2.45, 2.75) is 26.4 Å². The second kappa shape index (κ2) is 6.07. The molecular weight excluding hydrogens is 292 g/mol. The minimum Gasteiger partial charge on any atom is -0.358 e. The summed E-state index contributed by atoms with van der Waals surface area (Å²) in [6.45, 7) is 4.88. The predicted octanol–water partition coefficient (Wildman–Crippen LogP) is 2.82. The van der Waals surface area contributed by atoms with Crippen LogP contribution in [0.25, 0.3) is 10.9 Å². The smallest absolute Gasteiger partial charge is 0.222 e. The fraction of sp³-hybridized carbons (Fsp3) is 0.278. The summed E-state index contributed by atoms with van der Waals surface area (Å²) in [7, 11) is 2.09. The maximum absolute atomic E-state index is 13.0. The van der Waals surface area contributed by atoms with Gasteiger partial charge in [0.1, 0.15) is 12.6 Å². The molecule has 3 rings (SSSR count). The zero-order valence-electron chi connectivity index (χ0n) is 13.1. The average Bonchev–Trinajstić information content (AvgIpc) is 3.12. The molecule has 2 N–H and O–H groups in total. The number of Topliss-reactive ketones (excluding diaryl/α,β-unsaturated/α-hetero) is 1. The molecule has 0 fully saturated rings. The molecule has 0 aliphatic heterocycles. The summed E-state index contributed by atoms with van der Waals surface area (Å²) < 4.78 is 0. The van der Waals surface area contributed by atoms with Crippen molar-refractivity contribution in [1.82, 2.24) is 4.98 Å². The lowest BCUT2D eigenvalue weighted by atomic mass is 10.0. The van der Waals surface area contributed by atoms with Crippen molar-refractivity contribution in [3.63, 3.8) is 0 Å². The van der Waals surface area contributed by atoms with E-state index in [0.717, 1.165) is 28.7 Å². The molecule has 0 bridgehead atoms. The number of carbonyl (C=O) groups is 1. The van der Waals surface area contributed by atoms with Crippen LogP contribution >= 0.6 is 11.3 Å². The molecule has 1 aromatic carbocycles. The lowest BCUT2D eigenvalue weighted by Crippen LogP contribution is -3.12. The van der Waals surface area contributed by atoms with Crippen LogP contribution in [-0.4, -0.2) is 23.9 Å². The minimum absolute atomic E-state index is 0.0694. The number of aryl methyl sites for hydroxylation is 1. The van der Waals surface area contributed by atoms with Gasteiger partial charge in [-0.3, -0.25) is 4.79 Å². The molecule has 0 aliphatic rings. The second-order valence-corrected chi connectivity index (χ2v) is 6.89. The Bertz CT molecular complexity index is 789. The number of hydrogen-bond donors (Lipinski definition) is 2. The van der Waals surface area contributed by atoms with Crippen LogP contribution in [-0.2, 0) is 6.54 Å². The molecule has 3 nitrogen and oxygen atoms in total. The molecule has 4 heteroatoms. The molecule has 0 radical (unpaired) electrons. The van der Waals surface area contributed by atoms with Gasteiger partial charge in [0.15, 0.2) is 0 Å². The standard InChI is InChI=1S/C18H20N2OS/c1-12-17(15-8-4-5-9-16(15)19-12)18(21)13(2)20(3)11-14-7-6-10-22-14/h4-10,13,19H,11H2,1-3H3/p+1/t13-/m0/s1. The number of para-hydroxylation sites is 1. The van der Waals surface area contributed by atoms with Crippen LogP contribution in [0, 0.1) is 6.92 Å². The normalized spacial score (nSPS) is 14.1. The summed E-state index contributed by atoms with van der Waals surface area (Å²) in [6, 6.07) is 12.1. The number of aromatic nitrogens is 1. The molecule has 3 aromatic rings. The van der Waals surface area contributed by atoms with Gasteiger partial charge >= 0.3 is 0 Å². The molecule has 2 aromatic heterocycles. The molecule has 0 saturated carbocycles. The number of benzene rings is 1. The minimum atomic E-state index is -0.0694. The Labute approximate surface area is 134 Å². The fourth-order valence-electron chi connectivity index (χ4n) is 2.88. The topological polar surface area (TPSA) is 37.3 Å². The monoisotopic (exact) mass is 313 g/mol. The van der Waals surface area contributed by atoms with E-state index in [1.807, 2.05) is 38.1 Å². The number of quaternary nitrogens is 1. The number of hydrogen-bond acceptors (Lipinski definition) is 2. The molecule has 0 aliphatic carbocycles. The van der Waals surface area contributed by atoms with Crippen LogP contribution in [0.4, 0.5) is 0 Å². The zero-order chi connectivity index (χ0) is 15.7. The van der Waals surface area contributed by atoms with Crippen molar-refractivity contribution in [3.05, 3.63) is 57.9 Å². The Balaban J connectivity index is 1.87. The van der Waals surface area contributed by atoms with Crippen molar-refractivity contribution in [2.24, 2.45) is 0 Å². The van der Waals surface area contributed by atoms with Crippen LogP contribution in [0.1, 0.15) is 27.9 Å². The quantitative estimate of drug-likeness (QED) is 0.698. The Kier molecular flexibility index (Phi) is 4.14. The number of carbonyl (C=O) groups excluding carboxylic acids is 1. The molecule has 114 valence electrons. The number of fused-ring (bicyclic) bond motifs is 1. The van der Waals surface area contributed by atoms with Gasteiger partial charge in [0.2, 0.25) is 5.78 Å². The third kappa shape index (κ3) is 2.72. The number of ketones is 1. The van der Waals surface area contributed by atoms with Crippen LogP contribution in [0.2, 0.25) is 0 Å². The zero-order valence-corrected chi connectivity index (χ0v) is 14.0. The largest absolute Gasteiger partial charge is 0.358 e. The van der Waals surface area contributed by atoms with Gasteiger partial charge in [-0.05, 0) is 31.4 Å². The molecule has 22 heavy (non-hydrogen) atoms. The first-order valence-electron chi connectivity index (χ1n) is 7.54. The molecule has 1 unspecified atom stereocenters. The highest BCUT2D eigenvalue weighted by atomic mass is 32.1. The van der Waals surface area contributed by atoms with E-state index in [4.69, 9.17) is 0 Å². The van der Waals surface area contributed by atoms with Crippen LogP contribution in [0.5, 0.6) is 0 Å². The number of thiophene rings is 1. The molecule has 2 heterocycles. The van der Waals surface area contributed by atoms with Gasteiger partial charge in [-0.1, -0.05) is 24.3 Å². The Morgan fingerprint density at radius 2 is 2.05 bits per heavy atom. The van der Waals surface area contributed by atoms with E-state index in [0.29, 0.717) is 0 Å². The van der Waals surface area contributed by atoms with Crippen LogP contribution in [0.15, 0.2) is 41.8 Å². The van der Waals surface area contributed by atoms with E-state index in [9.17, 15) is 4.79 Å². The molecule has 2 atom stereocenters. The van der Waals surface area contributed by atoms with Gasteiger partial charge in [0.25, 0.3) is 0 Å². The van der Waals surface area contributed by atoms with Gasteiger partial charge < -0.3 is 9.88 Å². The highest BCUT2D eigenvalue weighted by molar-refractivity contribution is 7.09. The van der Waals surface area contributed by atoms with Crippen LogP contribution < -0.4 is 4.90 Å². The SMILES string of the molecule is Cc1[nH]c2ccccc2c1C(=O)[C@H](C)[NH+](C)Cc1cccs1. The van der Waals surface area contributed by atoms with E-state index < -0.39 is 0 Å². The molecule has 0 amide bonds. The molecular formula is C18H21N2OS+. The highest BCUT2D eigenvalue weighted by Crippen LogP contribution is 2.22. The van der Waals surface area contributed by atoms with Crippen molar-refractivity contribution in [1.29, 1.82) is 0 Å². The number of rotatable bonds is 5. The van der Waals surface area contributed by atoms with Gasteiger partial charge in [-0.25, -0.2) is 0 Å². The van der Waals surface area contributed by atoms with E-state index in [1.54, 1.807) is 11.3 Å². The fourth-order valence-corrected chi connectivity index (χ4v) is 3.68. The summed E-state index contributed by atoms with van der Waals surface area (Å²) in [5, 5.41) is 3.11. The first-order chi connectivity index (χ1) is 10.6. The summed E-state index contributed by atoms with van der Waals surface area (Å²) in [6.07, 6.45) is 0. The lowest BCUT2D eigenvalue weighted by molar-refractivity contribution is -0.907. The first-order valence-corrected chi connectivity index (χ1v) is 8.42. The summed E-state index contributed by atoms with van der Waals surface area (Å²) in [4.78, 5) is 18.8. The Hall–Kier alpha value is -1.91. The summed E-state index contributed by atoms with van der Waals surface area (Å²) >= 11 is 1.75. The summed E-state index contributed by atoms with van der Waals surface area (Å²) in [5.74, 6) is 0.212. The van der Waals surface area contributed by atoms with Crippen molar-refractivity contribution in [3.8, 4) is 0 Å². The number of H-pyrrole nitrogens is 1. The van der Waals surface area contributed by atoms with E-state index in [-0.39, 0.29) is 11.8 Å². The van der Waals surface area contributed by atoms with Gasteiger partial charge in [-0.15, -0.1) is 11.3 Å². The Morgan fingerprint density at radius 1 is 1.27 bits per heavy atom. The third-order valence-electron chi connectivity index (χ3n) is 4.31. The maximum Gasteiger partial charge on any atom is 0.222 e. The van der Waals surface area contributed by atoms with Crippen LogP contribution in [0.3, 0.4) is 0 Å². The highest BCUT2D eigenvalue weighted by Gasteiger charge is 2.27. The van der Waals surface area contributed by atoms with Gasteiger partial charge in [-0.2, -0.15) is 0 Å². The third-order valence-corrected chi connectivity index (χ3v) is 5.18. The van der Waals surface area contributed by atoms with Crippen molar-refractivity contribution in [2.75, 3.05) is 7.05 Å². The van der Waals surface area contributed by atoms with Crippen molar-refractivity contribution >= 4 is 28.0 Å². The van der Waals surface area contributed by atoms with Gasteiger partial charge in [0, 0.05) is 16.6 Å². The number of nitrogens with one attached hydrogen (secondary N) is 2. The maximum atomic E-state index is 13.0. The lowest BCUT2D eigenvalue weighted by Gasteiger charge is -2.20. The van der Waals surface area contributed by atoms with E-state index in [1.165, 1.54) is 9.78 Å².